The lowest BCUT2D eigenvalue weighted by atomic mass is 10.2. The molecule has 7 nitrogen and oxygen atoms in total. The van der Waals surface area contributed by atoms with Gasteiger partial charge in [0.25, 0.3) is 0 Å². The molecule has 0 radical (unpaired) electrons. The topological polar surface area (TPSA) is 90.1 Å². The Labute approximate surface area is 117 Å². The van der Waals surface area contributed by atoms with E-state index in [0.717, 1.165) is 0 Å². The molecule has 1 N–H and O–H groups in total. The van der Waals surface area contributed by atoms with E-state index in [1.165, 1.54) is 6.33 Å². The number of fused-ring (bicyclic) bond motifs is 1. The van der Waals surface area contributed by atoms with Gasteiger partial charge in [0.2, 0.25) is 5.28 Å². The highest BCUT2D eigenvalue weighted by atomic mass is 35.5. The summed E-state index contributed by atoms with van der Waals surface area (Å²) in [5, 5.41) is 9.07. The first-order valence-corrected chi connectivity index (χ1v) is 6.25. The Balaban J connectivity index is 2.00. The molecule has 0 unspecified atom stereocenters. The summed E-state index contributed by atoms with van der Waals surface area (Å²) < 4.78 is 7.05. The number of carboxylic acids is 1. The zero-order valence-corrected chi connectivity index (χ0v) is 11.0. The molecule has 0 aromatic carbocycles. The van der Waals surface area contributed by atoms with E-state index < -0.39 is 18.3 Å². The van der Waals surface area contributed by atoms with Gasteiger partial charge in [0, 0.05) is 0 Å². The first-order chi connectivity index (χ1) is 9.06. The molecule has 1 fully saturated rings. The molecule has 9 heteroatoms. The quantitative estimate of drug-likeness (QED) is 0.673. The van der Waals surface area contributed by atoms with Crippen LogP contribution < -0.4 is 0 Å². The smallest absolute Gasteiger partial charge is 0.332 e. The molecular formula is C10H8Cl2N4O3. The van der Waals surface area contributed by atoms with Gasteiger partial charge in [-0.3, -0.25) is 4.57 Å². The minimum atomic E-state index is -0.974. The van der Waals surface area contributed by atoms with Gasteiger partial charge in [0.05, 0.1) is 6.33 Å². The van der Waals surface area contributed by atoms with Gasteiger partial charge in [-0.1, -0.05) is 11.6 Å². The zero-order chi connectivity index (χ0) is 13.6. The summed E-state index contributed by atoms with van der Waals surface area (Å²) in [4.78, 5) is 22.8. The van der Waals surface area contributed by atoms with Crippen molar-refractivity contribution in [3.8, 4) is 0 Å². The number of halogens is 2. The van der Waals surface area contributed by atoms with Gasteiger partial charge in [0.1, 0.15) is 11.7 Å². The van der Waals surface area contributed by atoms with Crippen LogP contribution in [0.25, 0.3) is 11.2 Å². The second-order valence-electron chi connectivity index (χ2n) is 4.10. The van der Waals surface area contributed by atoms with E-state index in [-0.39, 0.29) is 10.4 Å². The number of nitrogens with zero attached hydrogens (tertiary/aromatic N) is 4. The van der Waals surface area contributed by atoms with Crippen LogP contribution in [-0.4, -0.2) is 36.7 Å². The fourth-order valence-corrected chi connectivity index (χ4v) is 2.50. The van der Waals surface area contributed by atoms with Crippen molar-refractivity contribution in [1.82, 2.24) is 19.5 Å². The molecule has 0 bridgehead atoms. The van der Waals surface area contributed by atoms with Crippen LogP contribution in [0.15, 0.2) is 6.33 Å². The monoisotopic (exact) mass is 302 g/mol. The summed E-state index contributed by atoms with van der Waals surface area (Å²) in [6, 6.07) is 0. The number of carbonyl (C=O) groups is 1. The largest absolute Gasteiger partial charge is 0.479 e. The Morgan fingerprint density at radius 3 is 2.89 bits per heavy atom. The molecule has 2 atom stereocenters. The van der Waals surface area contributed by atoms with Gasteiger partial charge in [-0.2, -0.15) is 4.98 Å². The van der Waals surface area contributed by atoms with Gasteiger partial charge < -0.3 is 9.84 Å². The van der Waals surface area contributed by atoms with Gasteiger partial charge in [-0.05, 0) is 24.4 Å². The number of ether oxygens (including phenoxy) is 1. The maximum absolute atomic E-state index is 10.9. The molecular weight excluding hydrogens is 295 g/mol. The van der Waals surface area contributed by atoms with E-state index in [0.29, 0.717) is 24.0 Å². The van der Waals surface area contributed by atoms with Crippen molar-refractivity contribution in [3.63, 3.8) is 0 Å². The number of hydrogen-bond donors (Lipinski definition) is 1. The Morgan fingerprint density at radius 1 is 1.42 bits per heavy atom. The predicted octanol–water partition coefficient (Wildman–Crippen LogP) is 1.90. The zero-order valence-electron chi connectivity index (χ0n) is 9.45. The van der Waals surface area contributed by atoms with Crippen LogP contribution in [0.3, 0.4) is 0 Å². The van der Waals surface area contributed by atoms with Crippen molar-refractivity contribution in [2.75, 3.05) is 0 Å². The van der Waals surface area contributed by atoms with E-state index in [1.807, 2.05) is 0 Å². The van der Waals surface area contributed by atoms with Crippen molar-refractivity contribution in [1.29, 1.82) is 0 Å². The molecule has 2 aromatic heterocycles. The fraction of sp³-hybridized carbons (Fsp3) is 0.400. The molecule has 1 saturated heterocycles. The summed E-state index contributed by atoms with van der Waals surface area (Å²) in [6.07, 6.45) is 1.24. The van der Waals surface area contributed by atoms with Crippen molar-refractivity contribution >= 4 is 40.3 Å². The minimum Gasteiger partial charge on any atom is -0.479 e. The third kappa shape index (κ3) is 2.13. The molecule has 0 saturated carbocycles. The van der Waals surface area contributed by atoms with Crippen LogP contribution in [0.1, 0.15) is 19.1 Å². The SMILES string of the molecule is O=C(O)[C@@H]1CC[C@H](n2cnc3c(Cl)nc(Cl)nc32)O1. The summed E-state index contributed by atoms with van der Waals surface area (Å²) in [6.45, 7) is 0. The molecule has 1 aliphatic rings. The molecule has 1 aliphatic heterocycles. The van der Waals surface area contributed by atoms with Gasteiger partial charge in [-0.15, -0.1) is 0 Å². The summed E-state index contributed by atoms with van der Waals surface area (Å²) in [5.41, 5.74) is 0.842. The third-order valence-corrected chi connectivity index (χ3v) is 3.37. The highest BCUT2D eigenvalue weighted by molar-refractivity contribution is 6.35. The summed E-state index contributed by atoms with van der Waals surface area (Å²) >= 11 is 11.7. The van der Waals surface area contributed by atoms with E-state index >= 15 is 0 Å². The molecule has 19 heavy (non-hydrogen) atoms. The molecule has 3 heterocycles. The Hall–Kier alpha value is -1.44. The van der Waals surface area contributed by atoms with Crippen molar-refractivity contribution in [2.24, 2.45) is 0 Å². The number of aromatic nitrogens is 4. The molecule has 3 rings (SSSR count). The first-order valence-electron chi connectivity index (χ1n) is 5.50. The van der Waals surface area contributed by atoms with Gasteiger partial charge in [-0.25, -0.2) is 14.8 Å². The Kier molecular flexibility index (Phi) is 3.04. The minimum absolute atomic E-state index is 0.00651. The van der Waals surface area contributed by atoms with Crippen LogP contribution in [0.4, 0.5) is 0 Å². The lowest BCUT2D eigenvalue weighted by molar-refractivity contribution is -0.151. The van der Waals surface area contributed by atoms with Crippen molar-refractivity contribution in [2.45, 2.75) is 25.2 Å². The molecule has 100 valence electrons. The highest BCUT2D eigenvalue weighted by Gasteiger charge is 2.32. The van der Waals surface area contributed by atoms with Crippen LogP contribution in [0.2, 0.25) is 10.4 Å². The predicted molar refractivity (Wildman–Crippen MR) is 66.1 cm³/mol. The maximum Gasteiger partial charge on any atom is 0.332 e. The van der Waals surface area contributed by atoms with Crippen LogP contribution in [0.5, 0.6) is 0 Å². The second-order valence-corrected chi connectivity index (χ2v) is 4.80. The lowest BCUT2D eigenvalue weighted by Gasteiger charge is -2.13. The second kappa shape index (κ2) is 4.59. The lowest BCUT2D eigenvalue weighted by Crippen LogP contribution is -2.20. The summed E-state index contributed by atoms with van der Waals surface area (Å²) in [5.74, 6) is -0.974. The van der Waals surface area contributed by atoms with Crippen LogP contribution in [0, 0.1) is 0 Å². The molecule has 0 amide bonds. The number of carboxylic acid groups (broad SMARTS) is 1. The van der Waals surface area contributed by atoms with E-state index in [4.69, 9.17) is 33.0 Å². The van der Waals surface area contributed by atoms with E-state index in [9.17, 15) is 4.79 Å². The maximum atomic E-state index is 10.9. The molecule has 0 aliphatic carbocycles. The fourth-order valence-electron chi connectivity index (χ4n) is 2.07. The van der Waals surface area contributed by atoms with Crippen molar-refractivity contribution in [3.05, 3.63) is 16.8 Å². The van der Waals surface area contributed by atoms with Crippen LogP contribution >= 0.6 is 23.2 Å². The Bertz CT molecular complexity index is 660. The van der Waals surface area contributed by atoms with E-state index in [1.54, 1.807) is 4.57 Å². The van der Waals surface area contributed by atoms with Gasteiger partial charge in [0.15, 0.2) is 16.9 Å². The average Bonchev–Trinajstić information content (AvgIpc) is 2.93. The number of hydrogen-bond acceptors (Lipinski definition) is 5. The normalized spacial score (nSPS) is 23.1. The molecule has 2 aromatic rings. The van der Waals surface area contributed by atoms with E-state index in [2.05, 4.69) is 15.0 Å². The molecule has 0 spiro atoms. The summed E-state index contributed by atoms with van der Waals surface area (Å²) in [7, 11) is 0. The standard InChI is InChI=1S/C10H8Cl2N4O3/c11-7-6-8(15-10(12)14-7)16(3-13-6)5-2-1-4(19-5)9(17)18/h3-5H,1-2H2,(H,17,18)/t4-,5+/m0/s1. The van der Waals surface area contributed by atoms with Crippen LogP contribution in [-0.2, 0) is 9.53 Å². The highest BCUT2D eigenvalue weighted by Crippen LogP contribution is 2.31. The van der Waals surface area contributed by atoms with Crippen molar-refractivity contribution < 1.29 is 14.6 Å². The average molecular weight is 303 g/mol. The number of imidazole rings is 1. The van der Waals surface area contributed by atoms with Gasteiger partial charge >= 0.3 is 5.97 Å². The Morgan fingerprint density at radius 2 is 2.21 bits per heavy atom. The number of aliphatic carboxylic acids is 1. The first kappa shape index (κ1) is 12.6. The third-order valence-electron chi connectivity index (χ3n) is 2.93. The number of rotatable bonds is 2.